The molecule has 1 aliphatic rings. The molecule has 0 spiro atoms. The number of anilines is 1. The van der Waals surface area contributed by atoms with Crippen molar-refractivity contribution >= 4 is 17.3 Å². The number of hydrogen-bond donors (Lipinski definition) is 2. The van der Waals surface area contributed by atoms with E-state index in [4.69, 9.17) is 5.11 Å². The quantitative estimate of drug-likeness (QED) is 0.494. The highest BCUT2D eigenvalue weighted by atomic mass is 16.6. The fourth-order valence-corrected chi connectivity index (χ4v) is 2.09. The Hall–Kier alpha value is -2.37. The molecule has 0 saturated carbocycles. The molecule has 1 atom stereocenters. The number of allylic oxidation sites excluding steroid dienone is 1. The SMILES string of the molecule is O=C(O)c1cc([N+](=O)[O-])ccc1NC1CC=CCC1. The summed E-state index contributed by atoms with van der Waals surface area (Å²) in [5.74, 6) is -1.17. The van der Waals surface area contributed by atoms with Crippen LogP contribution in [-0.4, -0.2) is 22.0 Å². The smallest absolute Gasteiger partial charge is 0.338 e. The molecule has 0 radical (unpaired) electrons. The summed E-state index contributed by atoms with van der Waals surface area (Å²) in [6.07, 6.45) is 6.84. The first-order valence-corrected chi connectivity index (χ1v) is 6.01. The molecule has 0 saturated heterocycles. The van der Waals surface area contributed by atoms with Crippen molar-refractivity contribution < 1.29 is 14.8 Å². The molecule has 1 aromatic rings. The van der Waals surface area contributed by atoms with E-state index in [1.807, 2.05) is 6.08 Å². The first-order chi connectivity index (χ1) is 9.08. The molecule has 0 bridgehead atoms. The second-order valence-corrected chi connectivity index (χ2v) is 4.42. The Morgan fingerprint density at radius 2 is 2.21 bits per heavy atom. The number of carboxylic acid groups (broad SMARTS) is 1. The Bertz CT molecular complexity index is 539. The summed E-state index contributed by atoms with van der Waals surface area (Å²) in [6.45, 7) is 0. The second kappa shape index (κ2) is 5.51. The van der Waals surface area contributed by atoms with Crippen LogP contribution in [0.3, 0.4) is 0 Å². The van der Waals surface area contributed by atoms with Crippen LogP contribution in [0.1, 0.15) is 29.6 Å². The second-order valence-electron chi connectivity index (χ2n) is 4.42. The van der Waals surface area contributed by atoms with E-state index in [0.717, 1.165) is 25.3 Å². The molecule has 1 unspecified atom stereocenters. The number of carbonyl (C=O) groups is 1. The zero-order valence-corrected chi connectivity index (χ0v) is 10.2. The predicted molar refractivity (Wildman–Crippen MR) is 70.5 cm³/mol. The zero-order valence-electron chi connectivity index (χ0n) is 10.2. The minimum atomic E-state index is -1.17. The van der Waals surface area contributed by atoms with Crippen LogP contribution in [-0.2, 0) is 0 Å². The van der Waals surface area contributed by atoms with Crippen molar-refractivity contribution in [3.05, 3.63) is 46.0 Å². The molecule has 0 heterocycles. The maximum Gasteiger partial charge on any atom is 0.338 e. The zero-order chi connectivity index (χ0) is 13.8. The van der Waals surface area contributed by atoms with Crippen LogP contribution < -0.4 is 5.32 Å². The fraction of sp³-hybridized carbons (Fsp3) is 0.308. The lowest BCUT2D eigenvalue weighted by atomic mass is 10.0. The molecule has 100 valence electrons. The van der Waals surface area contributed by atoms with Gasteiger partial charge in [-0.15, -0.1) is 0 Å². The summed E-state index contributed by atoms with van der Waals surface area (Å²) in [5.41, 5.74) is 0.147. The highest BCUT2D eigenvalue weighted by molar-refractivity contribution is 5.95. The average Bonchev–Trinajstić information content (AvgIpc) is 2.39. The third kappa shape index (κ3) is 3.09. The van der Waals surface area contributed by atoms with Gasteiger partial charge < -0.3 is 10.4 Å². The molecule has 2 rings (SSSR count). The minimum Gasteiger partial charge on any atom is -0.478 e. The van der Waals surface area contributed by atoms with Gasteiger partial charge in [0.2, 0.25) is 0 Å². The average molecular weight is 262 g/mol. The molecule has 0 aromatic heterocycles. The first-order valence-electron chi connectivity index (χ1n) is 6.01. The van der Waals surface area contributed by atoms with Crippen molar-refractivity contribution in [3.8, 4) is 0 Å². The Morgan fingerprint density at radius 3 is 2.79 bits per heavy atom. The lowest BCUT2D eigenvalue weighted by Crippen LogP contribution is -2.21. The van der Waals surface area contributed by atoms with Gasteiger partial charge in [-0.1, -0.05) is 12.2 Å². The molecule has 6 nitrogen and oxygen atoms in total. The van der Waals surface area contributed by atoms with Crippen molar-refractivity contribution in [3.63, 3.8) is 0 Å². The van der Waals surface area contributed by atoms with E-state index in [1.165, 1.54) is 12.1 Å². The van der Waals surface area contributed by atoms with E-state index < -0.39 is 10.9 Å². The molecule has 0 amide bonds. The number of aromatic carboxylic acids is 1. The van der Waals surface area contributed by atoms with Crippen molar-refractivity contribution in [2.45, 2.75) is 25.3 Å². The third-order valence-electron chi connectivity index (χ3n) is 3.07. The molecule has 1 aromatic carbocycles. The summed E-state index contributed by atoms with van der Waals surface area (Å²) < 4.78 is 0. The number of nitrogens with zero attached hydrogens (tertiary/aromatic N) is 1. The minimum absolute atomic E-state index is 0.0660. The van der Waals surface area contributed by atoms with Crippen LogP contribution in [0.15, 0.2) is 30.4 Å². The van der Waals surface area contributed by atoms with E-state index in [1.54, 1.807) is 0 Å². The summed E-state index contributed by atoms with van der Waals surface area (Å²) in [4.78, 5) is 21.2. The number of nitrogens with one attached hydrogen (secondary N) is 1. The van der Waals surface area contributed by atoms with Crippen LogP contribution in [0.25, 0.3) is 0 Å². The molecule has 0 aliphatic heterocycles. The molecule has 1 aliphatic carbocycles. The van der Waals surface area contributed by atoms with E-state index in [-0.39, 0.29) is 17.3 Å². The van der Waals surface area contributed by atoms with Gasteiger partial charge in [-0.05, 0) is 25.3 Å². The third-order valence-corrected chi connectivity index (χ3v) is 3.07. The standard InChI is InChI=1S/C13H14N2O4/c16-13(17)11-8-10(15(18)19)6-7-12(11)14-9-4-2-1-3-5-9/h1-2,6-9,14H,3-5H2,(H,16,17). The Balaban J connectivity index is 2.26. The number of nitro groups is 1. The highest BCUT2D eigenvalue weighted by Crippen LogP contribution is 2.25. The van der Waals surface area contributed by atoms with Crippen molar-refractivity contribution in [2.75, 3.05) is 5.32 Å². The molecular formula is C13H14N2O4. The van der Waals surface area contributed by atoms with Crippen LogP contribution in [0.5, 0.6) is 0 Å². The van der Waals surface area contributed by atoms with Gasteiger partial charge in [0.25, 0.3) is 5.69 Å². The largest absolute Gasteiger partial charge is 0.478 e. The van der Waals surface area contributed by atoms with Crippen LogP contribution >= 0.6 is 0 Å². The Labute approximate surface area is 109 Å². The lowest BCUT2D eigenvalue weighted by Gasteiger charge is -2.21. The fourth-order valence-electron chi connectivity index (χ4n) is 2.09. The Kier molecular flexibility index (Phi) is 3.79. The van der Waals surface area contributed by atoms with Crippen LogP contribution in [0, 0.1) is 10.1 Å². The number of nitro benzene ring substituents is 1. The maximum absolute atomic E-state index is 11.2. The number of non-ortho nitro benzene ring substituents is 1. The van der Waals surface area contributed by atoms with Gasteiger partial charge >= 0.3 is 5.97 Å². The predicted octanol–water partition coefficient (Wildman–Crippen LogP) is 2.81. The van der Waals surface area contributed by atoms with E-state index in [0.29, 0.717) is 5.69 Å². The molecule has 0 fully saturated rings. The maximum atomic E-state index is 11.2. The number of rotatable bonds is 4. The molecule has 19 heavy (non-hydrogen) atoms. The number of hydrogen-bond acceptors (Lipinski definition) is 4. The number of benzene rings is 1. The molecule has 6 heteroatoms. The van der Waals surface area contributed by atoms with Gasteiger partial charge in [-0.25, -0.2) is 4.79 Å². The Morgan fingerprint density at radius 1 is 1.42 bits per heavy atom. The van der Waals surface area contributed by atoms with Gasteiger partial charge in [0.05, 0.1) is 10.5 Å². The summed E-state index contributed by atoms with van der Waals surface area (Å²) in [7, 11) is 0. The molecular weight excluding hydrogens is 248 g/mol. The highest BCUT2D eigenvalue weighted by Gasteiger charge is 2.18. The summed E-state index contributed by atoms with van der Waals surface area (Å²) >= 11 is 0. The van der Waals surface area contributed by atoms with Gasteiger partial charge in [0.15, 0.2) is 0 Å². The summed E-state index contributed by atoms with van der Waals surface area (Å²) in [6, 6.07) is 4.03. The number of carboxylic acids is 1. The van der Waals surface area contributed by atoms with Gasteiger partial charge in [-0.2, -0.15) is 0 Å². The van der Waals surface area contributed by atoms with Gasteiger partial charge in [-0.3, -0.25) is 10.1 Å². The molecule has 2 N–H and O–H groups in total. The summed E-state index contributed by atoms with van der Waals surface area (Å²) in [5, 5.41) is 22.9. The van der Waals surface area contributed by atoms with Crippen molar-refractivity contribution in [2.24, 2.45) is 0 Å². The van der Waals surface area contributed by atoms with Gasteiger partial charge in [0.1, 0.15) is 0 Å². The first kappa shape index (κ1) is 13.1. The lowest BCUT2D eigenvalue weighted by molar-refractivity contribution is -0.384. The topological polar surface area (TPSA) is 92.5 Å². The van der Waals surface area contributed by atoms with Gasteiger partial charge in [0, 0.05) is 23.9 Å². The van der Waals surface area contributed by atoms with E-state index >= 15 is 0 Å². The van der Waals surface area contributed by atoms with Crippen LogP contribution in [0.4, 0.5) is 11.4 Å². The normalized spacial score (nSPS) is 18.0. The monoisotopic (exact) mass is 262 g/mol. The van der Waals surface area contributed by atoms with Crippen molar-refractivity contribution in [1.82, 2.24) is 0 Å². The van der Waals surface area contributed by atoms with E-state index in [2.05, 4.69) is 11.4 Å². The van der Waals surface area contributed by atoms with Crippen molar-refractivity contribution in [1.29, 1.82) is 0 Å². The van der Waals surface area contributed by atoms with Crippen LogP contribution in [0.2, 0.25) is 0 Å². The van der Waals surface area contributed by atoms with E-state index in [9.17, 15) is 14.9 Å².